The molecular formula is C12H26N2O2S. The Bertz CT molecular complexity index is 298. The minimum Gasteiger partial charge on any atom is -0.320 e. The SMILES string of the molecule is CNCCCS(=O)(=O)N(C)CC1CCCCC1. The van der Waals surface area contributed by atoms with E-state index in [0.29, 0.717) is 18.9 Å². The van der Waals surface area contributed by atoms with Crippen molar-refractivity contribution in [3.63, 3.8) is 0 Å². The predicted molar refractivity (Wildman–Crippen MR) is 71.5 cm³/mol. The summed E-state index contributed by atoms with van der Waals surface area (Å²) in [5.74, 6) is 0.838. The van der Waals surface area contributed by atoms with E-state index in [9.17, 15) is 8.42 Å². The Morgan fingerprint density at radius 2 is 1.88 bits per heavy atom. The topological polar surface area (TPSA) is 49.4 Å². The molecule has 102 valence electrons. The van der Waals surface area contributed by atoms with Crippen LogP contribution in [-0.4, -0.2) is 45.7 Å². The Morgan fingerprint density at radius 3 is 2.47 bits per heavy atom. The monoisotopic (exact) mass is 262 g/mol. The zero-order valence-corrected chi connectivity index (χ0v) is 11.9. The summed E-state index contributed by atoms with van der Waals surface area (Å²) in [5.41, 5.74) is 0. The van der Waals surface area contributed by atoms with E-state index in [4.69, 9.17) is 0 Å². The molecule has 4 nitrogen and oxygen atoms in total. The van der Waals surface area contributed by atoms with Crippen molar-refractivity contribution in [2.24, 2.45) is 5.92 Å². The first-order chi connectivity index (χ1) is 8.06. The zero-order valence-electron chi connectivity index (χ0n) is 11.1. The average Bonchev–Trinajstić information content (AvgIpc) is 2.30. The van der Waals surface area contributed by atoms with Gasteiger partial charge < -0.3 is 5.32 Å². The van der Waals surface area contributed by atoms with Crippen LogP contribution in [0.15, 0.2) is 0 Å². The van der Waals surface area contributed by atoms with Gasteiger partial charge in [0.15, 0.2) is 0 Å². The van der Waals surface area contributed by atoms with Gasteiger partial charge in [-0.2, -0.15) is 0 Å². The fourth-order valence-electron chi connectivity index (χ4n) is 2.43. The lowest BCUT2D eigenvalue weighted by Crippen LogP contribution is -2.34. The van der Waals surface area contributed by atoms with Crippen LogP contribution in [0, 0.1) is 5.92 Å². The minimum absolute atomic E-state index is 0.261. The van der Waals surface area contributed by atoms with Crippen molar-refractivity contribution >= 4 is 10.0 Å². The van der Waals surface area contributed by atoms with Crippen LogP contribution >= 0.6 is 0 Å². The van der Waals surface area contributed by atoms with Crippen LogP contribution in [0.4, 0.5) is 0 Å². The third kappa shape index (κ3) is 5.36. The third-order valence-corrected chi connectivity index (χ3v) is 5.45. The summed E-state index contributed by atoms with van der Waals surface area (Å²) >= 11 is 0. The first kappa shape index (κ1) is 14.9. The lowest BCUT2D eigenvalue weighted by molar-refractivity contribution is 0.300. The van der Waals surface area contributed by atoms with Crippen LogP contribution in [0.2, 0.25) is 0 Å². The highest BCUT2D eigenvalue weighted by atomic mass is 32.2. The van der Waals surface area contributed by atoms with Gasteiger partial charge in [0.2, 0.25) is 10.0 Å². The van der Waals surface area contributed by atoms with Crippen molar-refractivity contribution in [2.45, 2.75) is 38.5 Å². The molecule has 0 atom stereocenters. The van der Waals surface area contributed by atoms with Crippen LogP contribution in [-0.2, 0) is 10.0 Å². The third-order valence-electron chi connectivity index (χ3n) is 3.54. The number of hydrogen-bond acceptors (Lipinski definition) is 3. The van der Waals surface area contributed by atoms with Crippen LogP contribution in [0.25, 0.3) is 0 Å². The van der Waals surface area contributed by atoms with E-state index in [2.05, 4.69) is 5.32 Å². The van der Waals surface area contributed by atoms with Gasteiger partial charge in [-0.3, -0.25) is 0 Å². The molecule has 5 heteroatoms. The molecule has 0 heterocycles. The van der Waals surface area contributed by atoms with Crippen LogP contribution < -0.4 is 5.32 Å². The molecule has 0 unspecified atom stereocenters. The second-order valence-corrected chi connectivity index (χ2v) is 7.25. The number of sulfonamides is 1. The minimum atomic E-state index is -3.04. The highest BCUT2D eigenvalue weighted by Gasteiger charge is 2.22. The second kappa shape index (κ2) is 7.34. The quantitative estimate of drug-likeness (QED) is 0.706. The van der Waals surface area contributed by atoms with E-state index in [1.165, 1.54) is 32.1 Å². The van der Waals surface area contributed by atoms with Crippen LogP contribution in [0.1, 0.15) is 38.5 Å². The van der Waals surface area contributed by atoms with Crippen molar-refractivity contribution in [3.8, 4) is 0 Å². The highest BCUT2D eigenvalue weighted by Crippen LogP contribution is 2.24. The maximum absolute atomic E-state index is 12.0. The number of nitrogens with zero attached hydrogens (tertiary/aromatic N) is 1. The molecule has 0 aliphatic heterocycles. The molecular weight excluding hydrogens is 236 g/mol. The first-order valence-electron chi connectivity index (χ1n) is 6.65. The van der Waals surface area contributed by atoms with Crippen molar-refractivity contribution in [1.29, 1.82) is 0 Å². The molecule has 1 saturated carbocycles. The Kier molecular flexibility index (Phi) is 6.44. The van der Waals surface area contributed by atoms with E-state index < -0.39 is 10.0 Å². The first-order valence-corrected chi connectivity index (χ1v) is 8.26. The van der Waals surface area contributed by atoms with E-state index >= 15 is 0 Å². The van der Waals surface area contributed by atoms with Crippen molar-refractivity contribution in [2.75, 3.05) is 32.9 Å². The molecule has 17 heavy (non-hydrogen) atoms. The summed E-state index contributed by atoms with van der Waals surface area (Å²) in [5, 5.41) is 2.98. The van der Waals surface area contributed by atoms with Crippen molar-refractivity contribution in [1.82, 2.24) is 9.62 Å². The summed E-state index contributed by atoms with van der Waals surface area (Å²) < 4.78 is 25.5. The molecule has 1 N–H and O–H groups in total. The summed E-state index contributed by atoms with van der Waals surface area (Å²) in [4.78, 5) is 0. The van der Waals surface area contributed by atoms with Crippen molar-refractivity contribution < 1.29 is 8.42 Å². The highest BCUT2D eigenvalue weighted by molar-refractivity contribution is 7.89. The molecule has 1 aliphatic rings. The van der Waals surface area contributed by atoms with Gasteiger partial charge in [0.25, 0.3) is 0 Å². The molecule has 0 aromatic heterocycles. The van der Waals surface area contributed by atoms with Gasteiger partial charge in [-0.1, -0.05) is 19.3 Å². The van der Waals surface area contributed by atoms with E-state index in [1.54, 1.807) is 11.4 Å². The molecule has 0 bridgehead atoms. The Hall–Kier alpha value is -0.130. The molecule has 1 aliphatic carbocycles. The molecule has 1 fully saturated rings. The largest absolute Gasteiger partial charge is 0.320 e. The van der Waals surface area contributed by atoms with Gasteiger partial charge in [0.05, 0.1) is 5.75 Å². The molecule has 0 radical (unpaired) electrons. The maximum atomic E-state index is 12.0. The molecule has 0 aromatic rings. The van der Waals surface area contributed by atoms with Crippen LogP contribution in [0.5, 0.6) is 0 Å². The second-order valence-electron chi connectivity index (χ2n) is 5.06. The molecule has 1 rings (SSSR count). The Labute approximate surface area is 106 Å². The van der Waals surface area contributed by atoms with Gasteiger partial charge in [-0.25, -0.2) is 12.7 Å². The van der Waals surface area contributed by atoms with Gasteiger partial charge in [0, 0.05) is 13.6 Å². The van der Waals surface area contributed by atoms with E-state index in [1.807, 2.05) is 7.05 Å². The lowest BCUT2D eigenvalue weighted by atomic mass is 9.89. The average molecular weight is 262 g/mol. The number of rotatable bonds is 7. The maximum Gasteiger partial charge on any atom is 0.213 e. The standard InChI is InChI=1S/C12H26N2O2S/c1-13-9-6-10-17(15,16)14(2)11-12-7-4-3-5-8-12/h12-13H,3-11H2,1-2H3. The van der Waals surface area contributed by atoms with Crippen LogP contribution in [0.3, 0.4) is 0 Å². The Balaban J connectivity index is 2.36. The fourth-order valence-corrected chi connectivity index (χ4v) is 3.69. The Morgan fingerprint density at radius 1 is 1.24 bits per heavy atom. The summed E-state index contributed by atoms with van der Waals surface area (Å²) in [6.07, 6.45) is 6.91. The molecule has 0 saturated heterocycles. The van der Waals surface area contributed by atoms with Gasteiger partial charge in [-0.15, -0.1) is 0 Å². The van der Waals surface area contributed by atoms with Gasteiger partial charge >= 0.3 is 0 Å². The van der Waals surface area contributed by atoms with Crippen molar-refractivity contribution in [3.05, 3.63) is 0 Å². The van der Waals surface area contributed by atoms with Gasteiger partial charge in [0.1, 0.15) is 0 Å². The smallest absolute Gasteiger partial charge is 0.213 e. The summed E-state index contributed by atoms with van der Waals surface area (Å²) in [6, 6.07) is 0. The molecule has 0 amide bonds. The molecule has 0 aromatic carbocycles. The fraction of sp³-hybridized carbons (Fsp3) is 1.00. The zero-order chi connectivity index (χ0) is 12.7. The lowest BCUT2D eigenvalue weighted by Gasteiger charge is -2.26. The van der Waals surface area contributed by atoms with Gasteiger partial charge in [-0.05, 0) is 38.8 Å². The normalized spacial score (nSPS) is 18.8. The van der Waals surface area contributed by atoms with E-state index in [-0.39, 0.29) is 5.75 Å². The molecule has 0 spiro atoms. The number of nitrogens with one attached hydrogen (secondary N) is 1. The van der Waals surface area contributed by atoms with E-state index in [0.717, 1.165) is 6.54 Å². The number of hydrogen-bond donors (Lipinski definition) is 1. The summed E-state index contributed by atoms with van der Waals surface area (Å²) in [6.45, 7) is 1.47. The predicted octanol–water partition coefficient (Wildman–Crippen LogP) is 1.44. The summed E-state index contributed by atoms with van der Waals surface area (Å²) in [7, 11) is 0.533.